The average Bonchev–Trinajstić information content (AvgIpc) is 3.37. The number of alkyl halides is 4. The van der Waals surface area contributed by atoms with Gasteiger partial charge in [0.1, 0.15) is 5.82 Å². The van der Waals surface area contributed by atoms with Gasteiger partial charge in [-0.2, -0.15) is 13.2 Å². The van der Waals surface area contributed by atoms with Crippen LogP contribution in [0.25, 0.3) is 10.9 Å². The molecule has 2 aliphatic rings. The Morgan fingerprint density at radius 1 is 1.21 bits per heavy atom. The maximum Gasteiger partial charge on any atom is 0.416 e. The molecular weight excluding hydrogens is 438 g/mol. The van der Waals surface area contributed by atoms with E-state index in [-0.39, 0.29) is 37.1 Å². The van der Waals surface area contributed by atoms with E-state index in [2.05, 4.69) is 4.98 Å². The predicted molar refractivity (Wildman–Crippen MR) is 114 cm³/mol. The molecular formula is C24H21F4N3O2. The van der Waals surface area contributed by atoms with Gasteiger partial charge in [-0.05, 0) is 48.4 Å². The first-order valence-electron chi connectivity index (χ1n) is 10.6. The van der Waals surface area contributed by atoms with E-state index in [4.69, 9.17) is 10.5 Å². The van der Waals surface area contributed by atoms with Gasteiger partial charge in [0.05, 0.1) is 30.3 Å². The lowest BCUT2D eigenvalue weighted by Gasteiger charge is -2.22. The summed E-state index contributed by atoms with van der Waals surface area (Å²) in [7, 11) is 0. The highest BCUT2D eigenvalue weighted by Gasteiger charge is 2.42. The summed E-state index contributed by atoms with van der Waals surface area (Å²) in [6.07, 6.45) is -4.67. The fourth-order valence-electron chi connectivity index (χ4n) is 4.72. The molecule has 1 amide bonds. The van der Waals surface area contributed by atoms with E-state index in [0.29, 0.717) is 23.5 Å². The number of pyridine rings is 1. The third-order valence-electron chi connectivity index (χ3n) is 6.53. The fraction of sp³-hybridized carbons (Fsp3) is 0.333. The normalized spacial score (nSPS) is 22.7. The number of hydrogen-bond donors (Lipinski definition) is 1. The maximum absolute atomic E-state index is 15.6. The molecule has 172 valence electrons. The number of nitrogens with two attached hydrogens (primary N) is 1. The second-order valence-corrected chi connectivity index (χ2v) is 8.59. The molecule has 0 aliphatic carbocycles. The van der Waals surface area contributed by atoms with Crippen LogP contribution in [0, 0.1) is 0 Å². The van der Waals surface area contributed by atoms with E-state index in [1.165, 1.54) is 4.90 Å². The lowest BCUT2D eigenvalue weighted by atomic mass is 9.94. The van der Waals surface area contributed by atoms with Crippen LogP contribution < -0.4 is 5.73 Å². The Kier molecular flexibility index (Phi) is 4.86. The molecule has 3 heterocycles. The number of rotatable bonds is 2. The molecule has 2 atom stereocenters. The fourth-order valence-corrected chi connectivity index (χ4v) is 4.72. The second-order valence-electron chi connectivity index (χ2n) is 8.59. The highest BCUT2D eigenvalue weighted by Crippen LogP contribution is 2.40. The SMILES string of the molecule is C[C@H]1OCc2c1c(N)nc1ccc(C(=O)N3CC[C@](F)(c4ccc(C(F)(F)F)cc4)C3)cc21. The monoisotopic (exact) mass is 459 g/mol. The molecule has 0 bridgehead atoms. The first-order chi connectivity index (χ1) is 15.6. The molecule has 0 radical (unpaired) electrons. The Bertz CT molecular complexity index is 1260. The third kappa shape index (κ3) is 3.60. The van der Waals surface area contributed by atoms with Crippen molar-refractivity contribution in [1.29, 1.82) is 0 Å². The number of benzene rings is 2. The summed E-state index contributed by atoms with van der Waals surface area (Å²) in [5.74, 6) is 0.0562. The van der Waals surface area contributed by atoms with Crippen molar-refractivity contribution < 1.29 is 27.1 Å². The number of ether oxygens (including phenoxy) is 1. The van der Waals surface area contributed by atoms with E-state index in [0.717, 1.165) is 40.8 Å². The van der Waals surface area contributed by atoms with Crippen molar-refractivity contribution in [2.75, 3.05) is 18.8 Å². The third-order valence-corrected chi connectivity index (χ3v) is 6.53. The molecule has 3 aromatic rings. The minimum absolute atomic E-state index is 0.0104. The van der Waals surface area contributed by atoms with Crippen LogP contribution in [-0.2, 0) is 23.2 Å². The van der Waals surface area contributed by atoms with Gasteiger partial charge >= 0.3 is 6.18 Å². The van der Waals surface area contributed by atoms with Crippen LogP contribution in [0.1, 0.15) is 52.1 Å². The lowest BCUT2D eigenvalue weighted by molar-refractivity contribution is -0.137. The summed E-state index contributed by atoms with van der Waals surface area (Å²) in [5, 5.41) is 0.767. The van der Waals surface area contributed by atoms with Gasteiger partial charge in [0.15, 0.2) is 5.67 Å². The highest BCUT2D eigenvalue weighted by molar-refractivity contribution is 5.99. The van der Waals surface area contributed by atoms with Crippen LogP contribution in [0.5, 0.6) is 0 Å². The molecule has 0 spiro atoms. The van der Waals surface area contributed by atoms with Crippen molar-refractivity contribution in [2.45, 2.75) is 37.9 Å². The molecule has 1 aromatic heterocycles. The van der Waals surface area contributed by atoms with Crippen LogP contribution in [-0.4, -0.2) is 28.9 Å². The number of hydrogen-bond acceptors (Lipinski definition) is 4. The molecule has 1 saturated heterocycles. The van der Waals surface area contributed by atoms with Gasteiger partial charge in [0, 0.05) is 29.5 Å². The number of anilines is 1. The van der Waals surface area contributed by atoms with Crippen molar-refractivity contribution >= 4 is 22.6 Å². The van der Waals surface area contributed by atoms with E-state index in [1.54, 1.807) is 18.2 Å². The smallest absolute Gasteiger partial charge is 0.383 e. The standard InChI is InChI=1S/C24H21F4N3O2/c1-13-20-18(11-33-13)17-10-14(2-7-19(17)30-21(20)29)22(32)31-9-8-23(25,12-31)15-3-5-16(6-4-15)24(26,27)28/h2-7,10,13H,8-9,11-12H2,1H3,(H2,29,30)/t13-,23-/m1/s1. The molecule has 9 heteroatoms. The lowest BCUT2D eigenvalue weighted by Crippen LogP contribution is -2.32. The van der Waals surface area contributed by atoms with Gasteiger partial charge in [0.2, 0.25) is 0 Å². The van der Waals surface area contributed by atoms with E-state index >= 15 is 4.39 Å². The summed E-state index contributed by atoms with van der Waals surface area (Å²) >= 11 is 0. The van der Waals surface area contributed by atoms with E-state index in [9.17, 15) is 18.0 Å². The zero-order valence-electron chi connectivity index (χ0n) is 17.7. The minimum Gasteiger partial charge on any atom is -0.383 e. The van der Waals surface area contributed by atoms with Crippen LogP contribution in [0.4, 0.5) is 23.4 Å². The molecule has 1 fully saturated rings. The number of nitrogen functional groups attached to an aromatic ring is 1. The molecule has 33 heavy (non-hydrogen) atoms. The molecule has 5 rings (SSSR count). The van der Waals surface area contributed by atoms with Crippen LogP contribution in [0.3, 0.4) is 0 Å². The van der Waals surface area contributed by atoms with Crippen LogP contribution in [0.15, 0.2) is 42.5 Å². The van der Waals surface area contributed by atoms with Crippen LogP contribution in [0.2, 0.25) is 0 Å². The van der Waals surface area contributed by atoms with Crippen molar-refractivity contribution in [1.82, 2.24) is 9.88 Å². The Morgan fingerprint density at radius 3 is 2.64 bits per heavy atom. The van der Waals surface area contributed by atoms with Crippen molar-refractivity contribution in [3.8, 4) is 0 Å². The Labute approximate surface area is 187 Å². The molecule has 2 aliphatic heterocycles. The van der Waals surface area contributed by atoms with Gasteiger partial charge in [-0.3, -0.25) is 4.79 Å². The maximum atomic E-state index is 15.6. The number of nitrogens with zero attached hydrogens (tertiary/aromatic N) is 2. The Morgan fingerprint density at radius 2 is 1.94 bits per heavy atom. The second kappa shape index (κ2) is 7.41. The molecule has 2 N–H and O–H groups in total. The number of aromatic nitrogens is 1. The number of fused-ring (bicyclic) bond motifs is 3. The summed E-state index contributed by atoms with van der Waals surface area (Å²) in [6.45, 7) is 2.18. The molecule has 2 aromatic carbocycles. The van der Waals surface area contributed by atoms with Crippen LogP contribution >= 0.6 is 0 Å². The van der Waals surface area contributed by atoms with Crippen molar-refractivity contribution in [3.05, 3.63) is 70.3 Å². The zero-order chi connectivity index (χ0) is 23.5. The van der Waals surface area contributed by atoms with Crippen molar-refractivity contribution in [3.63, 3.8) is 0 Å². The number of amides is 1. The molecule has 0 saturated carbocycles. The minimum atomic E-state index is -4.49. The van der Waals surface area contributed by atoms with Crippen molar-refractivity contribution in [2.24, 2.45) is 0 Å². The average molecular weight is 459 g/mol. The quantitative estimate of drug-likeness (QED) is 0.539. The largest absolute Gasteiger partial charge is 0.416 e. The number of likely N-dealkylation sites (tertiary alicyclic amines) is 1. The summed E-state index contributed by atoms with van der Waals surface area (Å²) in [5.41, 5.74) is 6.20. The number of carbonyl (C=O) groups excluding carboxylic acids is 1. The van der Waals surface area contributed by atoms with Gasteiger partial charge < -0.3 is 15.4 Å². The van der Waals surface area contributed by atoms with Gasteiger partial charge in [-0.25, -0.2) is 9.37 Å². The number of carbonyl (C=O) groups is 1. The summed E-state index contributed by atoms with van der Waals surface area (Å²) in [4.78, 5) is 19.0. The highest BCUT2D eigenvalue weighted by atomic mass is 19.4. The van der Waals surface area contributed by atoms with Gasteiger partial charge in [0.25, 0.3) is 5.91 Å². The first-order valence-corrected chi connectivity index (χ1v) is 10.6. The molecule has 0 unspecified atom stereocenters. The topological polar surface area (TPSA) is 68.5 Å². The Hall–Kier alpha value is -3.20. The predicted octanol–water partition coefficient (Wildman–Crippen LogP) is 5.14. The van der Waals surface area contributed by atoms with E-state index in [1.807, 2.05) is 6.92 Å². The Balaban J connectivity index is 1.41. The van der Waals surface area contributed by atoms with E-state index < -0.39 is 17.4 Å². The van der Waals surface area contributed by atoms with Gasteiger partial charge in [-0.1, -0.05) is 12.1 Å². The molecule has 5 nitrogen and oxygen atoms in total. The number of halogens is 4. The summed E-state index contributed by atoms with van der Waals surface area (Å²) < 4.78 is 59.7. The first kappa shape index (κ1) is 21.6. The zero-order valence-corrected chi connectivity index (χ0v) is 17.7. The summed E-state index contributed by atoms with van der Waals surface area (Å²) in [6, 6.07) is 9.08. The van der Waals surface area contributed by atoms with Gasteiger partial charge in [-0.15, -0.1) is 0 Å².